The van der Waals surface area contributed by atoms with Crippen molar-refractivity contribution in [1.29, 1.82) is 0 Å². The topological polar surface area (TPSA) is 138 Å². The molecule has 170 valence electrons. The Balaban J connectivity index is 1.83. The molecule has 11 heteroatoms. The number of carboxylic acid groups (broad SMARTS) is 1. The minimum absolute atomic E-state index is 0.000275. The average Bonchev–Trinajstić information content (AvgIpc) is 2.71. The summed E-state index contributed by atoms with van der Waals surface area (Å²) < 4.78 is 24.4. The zero-order valence-electron chi connectivity index (χ0n) is 17.6. The van der Waals surface area contributed by atoms with Gasteiger partial charge in [0, 0.05) is 43.0 Å². The maximum atomic E-state index is 13.0. The van der Waals surface area contributed by atoms with E-state index in [1.54, 1.807) is 4.90 Å². The molecular weight excluding hydrogens is 438 g/mol. The second-order valence-corrected chi connectivity index (χ2v) is 9.68. The van der Waals surface area contributed by atoms with Gasteiger partial charge in [0.05, 0.1) is 4.92 Å². The smallest absolute Gasteiger partial charge is 0.319 e. The van der Waals surface area contributed by atoms with E-state index in [2.05, 4.69) is 11.0 Å². The summed E-state index contributed by atoms with van der Waals surface area (Å²) in [6, 6.07) is 11.0. The summed E-state index contributed by atoms with van der Waals surface area (Å²) in [6.07, 6.45) is 0. The fraction of sp³-hybridized carbons (Fsp3) is 0.333. The SMILES string of the molecule is Cc1cccc(N2CCN(C(=O)c3ccc(S(=O)(=O)CC(=O)O)c([N+](=O)[O-])c3)C[C@@H]2C)c1. The number of piperazine rings is 1. The normalized spacial score (nSPS) is 16.6. The fourth-order valence-electron chi connectivity index (χ4n) is 3.81. The zero-order chi connectivity index (χ0) is 23.6. The van der Waals surface area contributed by atoms with Crippen molar-refractivity contribution >= 4 is 33.1 Å². The number of hydrogen-bond acceptors (Lipinski definition) is 7. The van der Waals surface area contributed by atoms with Crippen molar-refractivity contribution in [3.05, 3.63) is 63.7 Å². The quantitative estimate of drug-likeness (QED) is 0.510. The van der Waals surface area contributed by atoms with Crippen molar-refractivity contribution in [2.24, 2.45) is 0 Å². The zero-order valence-corrected chi connectivity index (χ0v) is 18.4. The molecule has 1 fully saturated rings. The van der Waals surface area contributed by atoms with Crippen LogP contribution < -0.4 is 4.90 Å². The highest BCUT2D eigenvalue weighted by molar-refractivity contribution is 7.92. The van der Waals surface area contributed by atoms with E-state index in [1.165, 1.54) is 6.07 Å². The number of nitrogens with zero attached hydrogens (tertiary/aromatic N) is 3. The lowest BCUT2D eigenvalue weighted by molar-refractivity contribution is -0.387. The van der Waals surface area contributed by atoms with Crippen LogP contribution in [0.1, 0.15) is 22.8 Å². The van der Waals surface area contributed by atoms with Gasteiger partial charge in [-0.3, -0.25) is 19.7 Å². The first-order valence-electron chi connectivity index (χ1n) is 9.85. The van der Waals surface area contributed by atoms with Crippen molar-refractivity contribution in [1.82, 2.24) is 4.90 Å². The van der Waals surface area contributed by atoms with Crippen LogP contribution in [-0.4, -0.2) is 66.7 Å². The summed E-state index contributed by atoms with van der Waals surface area (Å²) in [4.78, 5) is 37.4. The van der Waals surface area contributed by atoms with E-state index in [-0.39, 0.29) is 11.6 Å². The summed E-state index contributed by atoms with van der Waals surface area (Å²) in [7, 11) is -4.43. The number of aliphatic carboxylic acids is 1. The molecule has 0 unspecified atom stereocenters. The van der Waals surface area contributed by atoms with Crippen LogP contribution in [0.15, 0.2) is 47.4 Å². The van der Waals surface area contributed by atoms with Gasteiger partial charge in [-0.1, -0.05) is 12.1 Å². The standard InChI is InChI=1S/C21H23N3O7S/c1-14-4-3-5-17(10-14)23-9-8-22(12-15(23)2)21(27)16-6-7-19(18(11-16)24(28)29)32(30,31)13-20(25)26/h3-7,10-11,15H,8-9,12-13H2,1-2H3,(H,25,26)/t15-/m0/s1. The number of anilines is 1. The molecule has 0 radical (unpaired) electrons. The molecule has 1 saturated heterocycles. The van der Waals surface area contributed by atoms with Crippen molar-refractivity contribution in [3.63, 3.8) is 0 Å². The Hall–Kier alpha value is -3.47. The van der Waals surface area contributed by atoms with Crippen LogP contribution in [0.4, 0.5) is 11.4 Å². The number of hydrogen-bond donors (Lipinski definition) is 1. The van der Waals surface area contributed by atoms with Gasteiger partial charge < -0.3 is 14.9 Å². The lowest BCUT2D eigenvalue weighted by atomic mass is 10.1. The van der Waals surface area contributed by atoms with Crippen molar-refractivity contribution in [2.75, 3.05) is 30.3 Å². The molecule has 0 aromatic heterocycles. The van der Waals surface area contributed by atoms with Crippen molar-refractivity contribution < 1.29 is 28.0 Å². The van der Waals surface area contributed by atoms with Crippen LogP contribution in [0.5, 0.6) is 0 Å². The monoisotopic (exact) mass is 461 g/mol. The highest BCUT2D eigenvalue weighted by atomic mass is 32.2. The molecular formula is C21H23N3O7S. The first-order chi connectivity index (χ1) is 15.0. The Kier molecular flexibility index (Phi) is 6.49. The average molecular weight is 461 g/mol. The first kappa shape index (κ1) is 23.2. The molecule has 32 heavy (non-hydrogen) atoms. The van der Waals surface area contributed by atoms with Crippen LogP contribution in [0.3, 0.4) is 0 Å². The Labute approximate surface area is 185 Å². The molecule has 1 atom stereocenters. The number of sulfone groups is 1. The van der Waals surface area contributed by atoms with E-state index in [9.17, 15) is 28.1 Å². The van der Waals surface area contributed by atoms with Gasteiger partial charge >= 0.3 is 5.97 Å². The number of carbonyl (C=O) groups excluding carboxylic acids is 1. The minimum Gasteiger partial charge on any atom is -0.480 e. The van der Waals surface area contributed by atoms with Crippen LogP contribution in [0.25, 0.3) is 0 Å². The second-order valence-electron chi connectivity index (χ2n) is 7.73. The van der Waals surface area contributed by atoms with Gasteiger partial charge in [0.25, 0.3) is 11.6 Å². The molecule has 10 nitrogen and oxygen atoms in total. The fourth-order valence-corrected chi connectivity index (χ4v) is 5.02. The number of benzene rings is 2. The van der Waals surface area contributed by atoms with Gasteiger partial charge in [0.2, 0.25) is 0 Å². The Morgan fingerprint density at radius 3 is 2.50 bits per heavy atom. The lowest BCUT2D eigenvalue weighted by Gasteiger charge is -2.41. The maximum absolute atomic E-state index is 13.0. The molecule has 2 aromatic carbocycles. The number of amides is 1. The third-order valence-corrected chi connectivity index (χ3v) is 6.94. The molecule has 0 saturated carbocycles. The number of aryl methyl sites for hydroxylation is 1. The van der Waals surface area contributed by atoms with E-state index in [0.29, 0.717) is 19.6 Å². The van der Waals surface area contributed by atoms with E-state index in [1.807, 2.05) is 32.0 Å². The van der Waals surface area contributed by atoms with Crippen LogP contribution in [0.2, 0.25) is 0 Å². The Morgan fingerprint density at radius 1 is 1.19 bits per heavy atom. The van der Waals surface area contributed by atoms with Crippen molar-refractivity contribution in [2.45, 2.75) is 24.8 Å². The highest BCUT2D eigenvalue weighted by Crippen LogP contribution is 2.28. The summed E-state index contributed by atoms with van der Waals surface area (Å²) in [6.45, 7) is 5.33. The predicted octanol–water partition coefficient (Wildman–Crippen LogP) is 2.11. The summed E-state index contributed by atoms with van der Waals surface area (Å²) in [5.74, 6) is -3.36. The van der Waals surface area contributed by atoms with E-state index in [4.69, 9.17) is 5.11 Å². The molecule has 0 aliphatic carbocycles. The van der Waals surface area contributed by atoms with Crippen LogP contribution >= 0.6 is 0 Å². The summed E-state index contributed by atoms with van der Waals surface area (Å²) >= 11 is 0. The molecule has 0 spiro atoms. The first-order valence-corrected chi connectivity index (χ1v) is 11.5. The Bertz CT molecular complexity index is 1180. The van der Waals surface area contributed by atoms with Gasteiger partial charge in [-0.2, -0.15) is 0 Å². The maximum Gasteiger partial charge on any atom is 0.319 e. The molecule has 1 amide bonds. The van der Waals surface area contributed by atoms with Crippen molar-refractivity contribution in [3.8, 4) is 0 Å². The van der Waals surface area contributed by atoms with Gasteiger partial charge in [-0.15, -0.1) is 0 Å². The third-order valence-electron chi connectivity index (χ3n) is 5.30. The van der Waals surface area contributed by atoms with Gasteiger partial charge in [-0.05, 0) is 43.7 Å². The van der Waals surface area contributed by atoms with E-state index < -0.39 is 43.0 Å². The molecule has 1 aliphatic rings. The third kappa shape index (κ3) is 4.88. The number of carboxylic acids is 1. The van der Waals surface area contributed by atoms with Gasteiger partial charge in [-0.25, -0.2) is 8.42 Å². The molecule has 3 rings (SSSR count). The summed E-state index contributed by atoms with van der Waals surface area (Å²) in [5.41, 5.74) is 1.33. The van der Waals surface area contributed by atoms with Gasteiger partial charge in [0.15, 0.2) is 15.6 Å². The van der Waals surface area contributed by atoms with Gasteiger partial charge in [0.1, 0.15) is 4.90 Å². The molecule has 1 aliphatic heterocycles. The van der Waals surface area contributed by atoms with E-state index in [0.717, 1.165) is 23.4 Å². The van der Waals surface area contributed by atoms with Crippen LogP contribution in [0, 0.1) is 17.0 Å². The number of nitro benzene ring substituents is 1. The largest absolute Gasteiger partial charge is 0.480 e. The highest BCUT2D eigenvalue weighted by Gasteiger charge is 2.32. The molecule has 1 heterocycles. The lowest BCUT2D eigenvalue weighted by Crippen LogP contribution is -2.53. The number of carbonyl (C=O) groups is 2. The second kappa shape index (κ2) is 8.95. The predicted molar refractivity (Wildman–Crippen MR) is 117 cm³/mol. The number of nitro groups is 1. The minimum atomic E-state index is -4.43. The Morgan fingerprint density at radius 2 is 1.91 bits per heavy atom. The molecule has 1 N–H and O–H groups in total. The summed E-state index contributed by atoms with van der Waals surface area (Å²) in [5, 5.41) is 20.2. The number of rotatable bonds is 6. The molecule has 2 aromatic rings. The van der Waals surface area contributed by atoms with E-state index >= 15 is 0 Å². The molecule has 0 bridgehead atoms. The van der Waals surface area contributed by atoms with Crippen LogP contribution in [-0.2, 0) is 14.6 Å².